The van der Waals surface area contributed by atoms with Gasteiger partial charge < -0.3 is 20.5 Å². The first-order chi connectivity index (χ1) is 16.6. The summed E-state index contributed by atoms with van der Waals surface area (Å²) in [5.74, 6) is 1.85. The number of carbonyl (C=O) groups is 1. The third kappa shape index (κ3) is 5.66. The summed E-state index contributed by atoms with van der Waals surface area (Å²) in [6, 6.07) is 7.66. The monoisotopic (exact) mass is 464 g/mol. The minimum absolute atomic E-state index is 0.108. The van der Waals surface area contributed by atoms with Gasteiger partial charge in [0.25, 0.3) is 5.91 Å². The Hall–Kier alpha value is -3.59. The molecule has 180 valence electrons. The highest BCUT2D eigenvalue weighted by molar-refractivity contribution is 5.94. The predicted molar refractivity (Wildman–Crippen MR) is 130 cm³/mol. The van der Waals surface area contributed by atoms with E-state index < -0.39 is 0 Å². The number of nitrogens with two attached hydrogens (primary N) is 1. The van der Waals surface area contributed by atoms with Crippen molar-refractivity contribution < 1.29 is 14.3 Å². The fraction of sp³-hybridized carbons (Fsp3) is 0.400. The third-order valence-corrected chi connectivity index (χ3v) is 5.84. The number of likely N-dealkylation sites (tertiary alicyclic amines) is 1. The van der Waals surface area contributed by atoms with Crippen LogP contribution in [0.25, 0.3) is 5.69 Å². The smallest absolute Gasteiger partial charge is 0.253 e. The van der Waals surface area contributed by atoms with Crippen molar-refractivity contribution in [1.82, 2.24) is 24.8 Å². The molecule has 1 saturated heterocycles. The Morgan fingerprint density at radius 2 is 1.85 bits per heavy atom. The third-order valence-electron chi connectivity index (χ3n) is 5.84. The molecule has 0 atom stereocenters. The molecule has 3 heterocycles. The Balaban J connectivity index is 1.41. The first kappa shape index (κ1) is 23.6. The van der Waals surface area contributed by atoms with Crippen molar-refractivity contribution in [2.75, 3.05) is 32.0 Å². The number of pyridine rings is 1. The maximum Gasteiger partial charge on any atom is 0.253 e. The van der Waals surface area contributed by atoms with Crippen LogP contribution in [0.15, 0.2) is 49.2 Å². The minimum Gasteiger partial charge on any atom is -0.492 e. The number of benzene rings is 1. The van der Waals surface area contributed by atoms with Gasteiger partial charge in [-0.3, -0.25) is 14.3 Å². The second kappa shape index (κ2) is 11.0. The van der Waals surface area contributed by atoms with Crippen LogP contribution < -0.4 is 20.5 Å². The second-order valence-corrected chi connectivity index (χ2v) is 8.27. The number of nitrogens with one attached hydrogen (secondary N) is 1. The van der Waals surface area contributed by atoms with E-state index in [2.05, 4.69) is 32.3 Å². The van der Waals surface area contributed by atoms with Crippen LogP contribution in [0.3, 0.4) is 0 Å². The van der Waals surface area contributed by atoms with E-state index in [1.54, 1.807) is 24.7 Å². The Labute approximate surface area is 199 Å². The predicted octanol–water partition coefficient (Wildman–Crippen LogP) is 3.04. The van der Waals surface area contributed by atoms with Crippen molar-refractivity contribution in [2.24, 2.45) is 0 Å². The van der Waals surface area contributed by atoms with Gasteiger partial charge in [0.15, 0.2) is 0 Å². The number of nitrogens with zero attached hydrogens (tertiary/aromatic N) is 4. The maximum absolute atomic E-state index is 12.5. The topological polar surface area (TPSA) is 108 Å². The lowest BCUT2D eigenvalue weighted by atomic mass is 10.0. The zero-order chi connectivity index (χ0) is 23.9. The van der Waals surface area contributed by atoms with Crippen LogP contribution in [-0.4, -0.2) is 57.7 Å². The summed E-state index contributed by atoms with van der Waals surface area (Å²) in [4.78, 5) is 23.0. The molecule has 0 saturated carbocycles. The van der Waals surface area contributed by atoms with Gasteiger partial charge >= 0.3 is 0 Å². The number of amides is 1. The average Bonchev–Trinajstić information content (AvgIpc) is 3.36. The van der Waals surface area contributed by atoms with Crippen LogP contribution >= 0.6 is 0 Å². The lowest BCUT2D eigenvalue weighted by molar-refractivity contribution is 0.0908. The van der Waals surface area contributed by atoms with Gasteiger partial charge in [-0.2, -0.15) is 0 Å². The summed E-state index contributed by atoms with van der Waals surface area (Å²) in [7, 11) is 0. The fourth-order valence-corrected chi connectivity index (χ4v) is 4.21. The molecule has 3 aromatic rings. The van der Waals surface area contributed by atoms with Gasteiger partial charge in [0, 0.05) is 44.3 Å². The highest BCUT2D eigenvalue weighted by Crippen LogP contribution is 2.35. The van der Waals surface area contributed by atoms with E-state index in [-0.39, 0.29) is 11.9 Å². The van der Waals surface area contributed by atoms with Crippen LogP contribution in [0, 0.1) is 0 Å². The summed E-state index contributed by atoms with van der Waals surface area (Å²) < 4.78 is 13.9. The molecule has 1 amide bonds. The molecule has 0 spiro atoms. The minimum atomic E-state index is -0.108. The zero-order valence-corrected chi connectivity index (χ0v) is 19.7. The molecule has 34 heavy (non-hydrogen) atoms. The van der Waals surface area contributed by atoms with E-state index in [1.807, 2.05) is 24.6 Å². The van der Waals surface area contributed by atoms with Crippen LogP contribution in [0.2, 0.25) is 0 Å². The van der Waals surface area contributed by atoms with Crippen LogP contribution in [0.1, 0.15) is 42.6 Å². The molecule has 0 unspecified atom stereocenters. The van der Waals surface area contributed by atoms with Crippen molar-refractivity contribution in [3.8, 4) is 17.2 Å². The van der Waals surface area contributed by atoms with Gasteiger partial charge in [0.1, 0.15) is 23.0 Å². The molecule has 0 aliphatic carbocycles. The molecular weight excluding hydrogens is 432 g/mol. The molecule has 1 aromatic carbocycles. The standard InChI is InChI=1S/C25H32N6O3/c1-3-33-21-13-18(14-22(34-4-2)24(21)31-12-9-27-17-31)16-30-10-7-20(8-11-30)29-25(32)19-5-6-23(26)28-15-19/h5-6,9,12-15,17,20H,3-4,7-8,10-11,16H2,1-2H3,(H2,26,28)(H,29,32). The number of carbonyl (C=O) groups excluding carboxylic acids is 1. The molecule has 9 heteroatoms. The van der Waals surface area contributed by atoms with Crippen molar-refractivity contribution in [3.63, 3.8) is 0 Å². The number of nitrogen functional groups attached to an aromatic ring is 1. The first-order valence-electron chi connectivity index (χ1n) is 11.7. The Kier molecular flexibility index (Phi) is 7.64. The molecule has 0 radical (unpaired) electrons. The lowest BCUT2D eigenvalue weighted by Crippen LogP contribution is -2.44. The molecule has 0 bridgehead atoms. The Bertz CT molecular complexity index is 1050. The van der Waals surface area contributed by atoms with Gasteiger partial charge in [0.05, 0.1) is 25.1 Å². The van der Waals surface area contributed by atoms with Crippen molar-refractivity contribution in [3.05, 3.63) is 60.3 Å². The largest absolute Gasteiger partial charge is 0.492 e. The van der Waals surface area contributed by atoms with Crippen molar-refractivity contribution >= 4 is 11.7 Å². The van der Waals surface area contributed by atoms with Gasteiger partial charge in [-0.1, -0.05) is 0 Å². The normalized spacial score (nSPS) is 14.6. The maximum atomic E-state index is 12.5. The van der Waals surface area contributed by atoms with E-state index in [0.717, 1.165) is 55.2 Å². The van der Waals surface area contributed by atoms with E-state index in [1.165, 1.54) is 6.20 Å². The van der Waals surface area contributed by atoms with E-state index in [0.29, 0.717) is 24.6 Å². The molecule has 4 rings (SSSR count). The molecule has 1 aliphatic heterocycles. The molecular formula is C25H32N6O3. The molecule has 3 N–H and O–H groups in total. The van der Waals surface area contributed by atoms with E-state index >= 15 is 0 Å². The summed E-state index contributed by atoms with van der Waals surface area (Å²) in [5, 5.41) is 3.12. The van der Waals surface area contributed by atoms with E-state index in [9.17, 15) is 4.79 Å². The van der Waals surface area contributed by atoms with Crippen LogP contribution in [-0.2, 0) is 6.54 Å². The van der Waals surface area contributed by atoms with Crippen molar-refractivity contribution in [1.29, 1.82) is 0 Å². The van der Waals surface area contributed by atoms with Gasteiger partial charge in [0.2, 0.25) is 0 Å². The first-order valence-corrected chi connectivity index (χ1v) is 11.7. The highest BCUT2D eigenvalue weighted by Gasteiger charge is 2.23. The van der Waals surface area contributed by atoms with E-state index in [4.69, 9.17) is 15.2 Å². The second-order valence-electron chi connectivity index (χ2n) is 8.27. The summed E-state index contributed by atoms with van der Waals surface area (Å²) >= 11 is 0. The quantitative estimate of drug-likeness (QED) is 0.501. The van der Waals surface area contributed by atoms with Gasteiger partial charge in [-0.25, -0.2) is 9.97 Å². The highest BCUT2D eigenvalue weighted by atomic mass is 16.5. The number of anilines is 1. The number of imidazole rings is 1. The SMILES string of the molecule is CCOc1cc(CN2CCC(NC(=O)c3ccc(N)nc3)CC2)cc(OCC)c1-n1ccnc1. The lowest BCUT2D eigenvalue weighted by Gasteiger charge is -2.32. The number of rotatable bonds is 9. The molecule has 9 nitrogen and oxygen atoms in total. The summed E-state index contributed by atoms with van der Waals surface area (Å²) in [6.07, 6.45) is 8.67. The number of hydrogen-bond donors (Lipinski definition) is 2. The number of ether oxygens (including phenoxy) is 2. The Morgan fingerprint density at radius 3 is 2.41 bits per heavy atom. The van der Waals surface area contributed by atoms with Gasteiger partial charge in [-0.05, 0) is 56.5 Å². The number of aromatic nitrogens is 3. The van der Waals surface area contributed by atoms with Crippen LogP contribution in [0.5, 0.6) is 11.5 Å². The number of piperidine rings is 1. The molecule has 1 aliphatic rings. The Morgan fingerprint density at radius 1 is 1.15 bits per heavy atom. The van der Waals surface area contributed by atoms with Crippen LogP contribution in [0.4, 0.5) is 5.82 Å². The van der Waals surface area contributed by atoms with Crippen molar-refractivity contribution in [2.45, 2.75) is 39.3 Å². The number of hydrogen-bond acceptors (Lipinski definition) is 7. The fourth-order valence-electron chi connectivity index (χ4n) is 4.21. The summed E-state index contributed by atoms with van der Waals surface area (Å²) in [6.45, 7) is 7.64. The zero-order valence-electron chi connectivity index (χ0n) is 19.7. The molecule has 2 aromatic heterocycles. The average molecular weight is 465 g/mol. The summed E-state index contributed by atoms with van der Waals surface area (Å²) in [5.41, 5.74) is 8.13. The van der Waals surface area contributed by atoms with Gasteiger partial charge in [-0.15, -0.1) is 0 Å². The molecule has 1 fully saturated rings.